The van der Waals surface area contributed by atoms with Gasteiger partial charge in [0.25, 0.3) is 5.91 Å². The van der Waals surface area contributed by atoms with Crippen molar-refractivity contribution in [3.05, 3.63) is 42.0 Å². The Balaban J connectivity index is 2.31. The van der Waals surface area contributed by atoms with E-state index in [-0.39, 0.29) is 12.2 Å². The molecule has 0 bridgehead atoms. The molecule has 7 heteroatoms. The molecule has 0 spiro atoms. The number of hydrogen-bond acceptors (Lipinski definition) is 6. The average Bonchev–Trinajstić information content (AvgIpc) is 2.99. The number of amides is 1. The van der Waals surface area contributed by atoms with E-state index in [4.69, 9.17) is 9.47 Å². The van der Waals surface area contributed by atoms with E-state index >= 15 is 0 Å². The Kier molecular flexibility index (Phi) is 6.30. The van der Waals surface area contributed by atoms with Gasteiger partial charge in [-0.05, 0) is 25.5 Å². The van der Waals surface area contributed by atoms with E-state index in [1.807, 2.05) is 30.3 Å². The van der Waals surface area contributed by atoms with Gasteiger partial charge in [-0.1, -0.05) is 30.3 Å². The number of benzene rings is 1. The van der Waals surface area contributed by atoms with Crippen LogP contribution in [0.15, 0.2) is 36.4 Å². The maximum Gasteiger partial charge on any atom is 0.341 e. The van der Waals surface area contributed by atoms with E-state index in [1.54, 1.807) is 13.0 Å². The van der Waals surface area contributed by atoms with Crippen molar-refractivity contribution >= 4 is 34.2 Å². The molecule has 2 rings (SSSR count). The predicted molar refractivity (Wildman–Crippen MR) is 95.6 cm³/mol. The number of carbonyl (C=O) groups excluding carboxylic acids is 3. The van der Waals surface area contributed by atoms with E-state index in [2.05, 4.69) is 5.32 Å². The zero-order valence-corrected chi connectivity index (χ0v) is 15.0. The molecule has 132 valence electrons. The van der Waals surface area contributed by atoms with Crippen LogP contribution in [0.4, 0.5) is 5.00 Å². The standard InChI is InChI=1S/C18H19NO5S/c1-4-23-18(22)14-10-15(13-8-6-5-7-9-13)25-17(14)19-16(21)11(2)24-12(3)20/h5-11H,4H2,1-3H3,(H,19,21)/t11-/m0/s1. The highest BCUT2D eigenvalue weighted by Gasteiger charge is 2.23. The molecule has 2 aromatic rings. The molecular formula is C18H19NO5S. The third-order valence-corrected chi connectivity index (χ3v) is 4.33. The lowest BCUT2D eigenvalue weighted by Gasteiger charge is -2.12. The van der Waals surface area contributed by atoms with Crippen LogP contribution in [-0.2, 0) is 19.1 Å². The van der Waals surface area contributed by atoms with Crippen LogP contribution < -0.4 is 5.32 Å². The molecule has 0 fully saturated rings. The third-order valence-electron chi connectivity index (χ3n) is 3.23. The van der Waals surface area contributed by atoms with Crippen LogP contribution in [0.5, 0.6) is 0 Å². The third kappa shape index (κ3) is 4.90. The Hall–Kier alpha value is -2.67. The average molecular weight is 361 g/mol. The fourth-order valence-corrected chi connectivity index (χ4v) is 3.16. The van der Waals surface area contributed by atoms with Crippen LogP contribution in [0.2, 0.25) is 0 Å². The maximum absolute atomic E-state index is 12.2. The molecule has 1 amide bonds. The molecule has 0 unspecified atom stereocenters. The zero-order valence-electron chi connectivity index (χ0n) is 14.2. The second-order valence-corrected chi connectivity index (χ2v) is 6.23. The minimum absolute atomic E-state index is 0.229. The van der Waals surface area contributed by atoms with Crippen LogP contribution in [0, 0.1) is 0 Å². The predicted octanol–water partition coefficient (Wildman–Crippen LogP) is 3.48. The number of nitrogens with one attached hydrogen (secondary N) is 1. The summed E-state index contributed by atoms with van der Waals surface area (Å²) in [6.45, 7) is 4.63. The number of hydrogen-bond donors (Lipinski definition) is 1. The molecule has 0 saturated heterocycles. The van der Waals surface area contributed by atoms with E-state index in [0.29, 0.717) is 5.00 Å². The van der Waals surface area contributed by atoms with Crippen LogP contribution in [-0.4, -0.2) is 30.6 Å². The summed E-state index contributed by atoms with van der Waals surface area (Å²) in [7, 11) is 0. The van der Waals surface area contributed by atoms with Gasteiger partial charge in [-0.15, -0.1) is 11.3 Å². The monoisotopic (exact) mass is 361 g/mol. The summed E-state index contributed by atoms with van der Waals surface area (Å²) in [5.74, 6) is -1.58. The first-order valence-electron chi connectivity index (χ1n) is 7.76. The normalized spacial score (nSPS) is 11.5. The van der Waals surface area contributed by atoms with Crippen molar-refractivity contribution in [3.8, 4) is 10.4 Å². The Labute approximate surface area is 149 Å². The highest BCUT2D eigenvalue weighted by atomic mass is 32.1. The SMILES string of the molecule is CCOC(=O)c1cc(-c2ccccc2)sc1NC(=O)[C@H](C)OC(C)=O. The van der Waals surface area contributed by atoms with Gasteiger partial charge in [-0.25, -0.2) is 4.79 Å². The molecule has 25 heavy (non-hydrogen) atoms. The molecule has 1 aromatic heterocycles. The van der Waals surface area contributed by atoms with Gasteiger partial charge >= 0.3 is 11.9 Å². The number of esters is 2. The van der Waals surface area contributed by atoms with Gasteiger partial charge in [0.15, 0.2) is 6.10 Å². The molecule has 0 aliphatic carbocycles. The lowest BCUT2D eigenvalue weighted by Crippen LogP contribution is -2.29. The second kappa shape index (κ2) is 8.43. The summed E-state index contributed by atoms with van der Waals surface area (Å²) < 4.78 is 9.92. The first-order chi connectivity index (χ1) is 11.9. The number of thiophene rings is 1. The van der Waals surface area contributed by atoms with Crippen LogP contribution in [0.1, 0.15) is 31.1 Å². The molecule has 0 aliphatic heterocycles. The largest absolute Gasteiger partial charge is 0.462 e. The number of rotatable bonds is 6. The second-order valence-electron chi connectivity index (χ2n) is 5.18. The number of carbonyl (C=O) groups is 3. The zero-order chi connectivity index (χ0) is 18.4. The Morgan fingerprint density at radius 2 is 1.88 bits per heavy atom. The lowest BCUT2D eigenvalue weighted by atomic mass is 10.1. The summed E-state index contributed by atoms with van der Waals surface area (Å²) in [5.41, 5.74) is 1.20. The van der Waals surface area contributed by atoms with Crippen molar-refractivity contribution in [2.75, 3.05) is 11.9 Å². The molecule has 1 N–H and O–H groups in total. The first kappa shape index (κ1) is 18.7. The van der Waals surface area contributed by atoms with Gasteiger partial charge in [0.05, 0.1) is 12.2 Å². The maximum atomic E-state index is 12.2. The summed E-state index contributed by atoms with van der Waals surface area (Å²) in [6, 6.07) is 11.2. The molecule has 0 saturated carbocycles. The fourth-order valence-electron chi connectivity index (χ4n) is 2.11. The Morgan fingerprint density at radius 3 is 2.48 bits per heavy atom. The van der Waals surface area contributed by atoms with Crippen LogP contribution in [0.3, 0.4) is 0 Å². The topological polar surface area (TPSA) is 81.7 Å². The summed E-state index contributed by atoms with van der Waals surface area (Å²) in [4.78, 5) is 36.2. The highest BCUT2D eigenvalue weighted by Crippen LogP contribution is 2.36. The van der Waals surface area contributed by atoms with Crippen LogP contribution in [0.25, 0.3) is 10.4 Å². The van der Waals surface area contributed by atoms with Crippen molar-refractivity contribution in [1.82, 2.24) is 0 Å². The van der Waals surface area contributed by atoms with Crippen molar-refractivity contribution in [2.45, 2.75) is 26.9 Å². The van der Waals surface area contributed by atoms with Crippen molar-refractivity contribution < 1.29 is 23.9 Å². The van der Waals surface area contributed by atoms with E-state index in [9.17, 15) is 14.4 Å². The van der Waals surface area contributed by atoms with E-state index < -0.39 is 23.9 Å². The molecular weight excluding hydrogens is 342 g/mol. The Morgan fingerprint density at radius 1 is 1.20 bits per heavy atom. The van der Waals surface area contributed by atoms with Gasteiger partial charge in [0.1, 0.15) is 5.00 Å². The van der Waals surface area contributed by atoms with Gasteiger partial charge < -0.3 is 14.8 Å². The van der Waals surface area contributed by atoms with Crippen molar-refractivity contribution in [2.24, 2.45) is 0 Å². The Bertz CT molecular complexity index is 769. The van der Waals surface area contributed by atoms with E-state index in [0.717, 1.165) is 10.4 Å². The van der Waals surface area contributed by atoms with Crippen molar-refractivity contribution in [1.29, 1.82) is 0 Å². The summed E-state index contributed by atoms with van der Waals surface area (Å²) in [5, 5.41) is 3.01. The van der Waals surface area contributed by atoms with Gasteiger partial charge in [0, 0.05) is 11.8 Å². The smallest absolute Gasteiger partial charge is 0.341 e. The number of anilines is 1. The number of ether oxygens (including phenoxy) is 2. The summed E-state index contributed by atoms with van der Waals surface area (Å²) in [6.07, 6.45) is -0.963. The lowest BCUT2D eigenvalue weighted by molar-refractivity contribution is -0.150. The quantitative estimate of drug-likeness (QED) is 0.797. The van der Waals surface area contributed by atoms with Crippen molar-refractivity contribution in [3.63, 3.8) is 0 Å². The summed E-state index contributed by atoms with van der Waals surface area (Å²) >= 11 is 1.26. The fraction of sp³-hybridized carbons (Fsp3) is 0.278. The minimum Gasteiger partial charge on any atom is -0.462 e. The minimum atomic E-state index is -0.963. The van der Waals surface area contributed by atoms with E-state index in [1.165, 1.54) is 25.2 Å². The van der Waals surface area contributed by atoms with Gasteiger partial charge in [-0.3, -0.25) is 9.59 Å². The molecule has 6 nitrogen and oxygen atoms in total. The highest BCUT2D eigenvalue weighted by molar-refractivity contribution is 7.20. The molecule has 0 aliphatic rings. The molecule has 1 atom stereocenters. The molecule has 1 aromatic carbocycles. The first-order valence-corrected chi connectivity index (χ1v) is 8.58. The van der Waals surface area contributed by atoms with Crippen LogP contribution >= 0.6 is 11.3 Å². The van der Waals surface area contributed by atoms with Gasteiger partial charge in [0.2, 0.25) is 0 Å². The molecule has 1 heterocycles. The molecule has 0 radical (unpaired) electrons. The van der Waals surface area contributed by atoms with Gasteiger partial charge in [-0.2, -0.15) is 0 Å².